The molecule has 1 atom stereocenters. The van der Waals surface area contributed by atoms with Crippen molar-refractivity contribution in [3.63, 3.8) is 0 Å². The molecule has 0 radical (unpaired) electrons. The molecule has 2 heterocycles. The first-order chi connectivity index (χ1) is 11.5. The highest BCUT2D eigenvalue weighted by atomic mass is 35.5. The van der Waals surface area contributed by atoms with Gasteiger partial charge in [-0.15, -0.1) is 0 Å². The second-order valence-electron chi connectivity index (χ2n) is 6.23. The molecular weight excluding hydrogens is 330 g/mol. The Morgan fingerprint density at radius 1 is 1.21 bits per heavy atom. The first-order valence-corrected chi connectivity index (χ1v) is 8.40. The first kappa shape index (κ1) is 16.9. The SMILES string of the molecule is CN1C(=O)CC(N2CCN(C(=O)Cc3cccc(Cl)c3)CC2)C1=O. The number of piperazine rings is 1. The summed E-state index contributed by atoms with van der Waals surface area (Å²) in [6.45, 7) is 2.36. The summed E-state index contributed by atoms with van der Waals surface area (Å²) < 4.78 is 0. The summed E-state index contributed by atoms with van der Waals surface area (Å²) in [5, 5.41) is 0.624. The molecule has 3 rings (SSSR count). The van der Waals surface area contributed by atoms with E-state index in [1.807, 2.05) is 21.9 Å². The van der Waals surface area contributed by atoms with Crippen LogP contribution in [0.4, 0.5) is 0 Å². The fourth-order valence-electron chi connectivity index (χ4n) is 3.24. The molecule has 2 saturated heterocycles. The number of benzene rings is 1. The fraction of sp³-hybridized carbons (Fsp3) is 0.471. The number of nitrogens with zero attached hydrogens (tertiary/aromatic N) is 3. The van der Waals surface area contributed by atoms with Gasteiger partial charge in [0.25, 0.3) is 0 Å². The number of likely N-dealkylation sites (tertiary alicyclic amines) is 1. The van der Waals surface area contributed by atoms with Crippen molar-refractivity contribution in [2.45, 2.75) is 18.9 Å². The number of imide groups is 1. The molecule has 0 saturated carbocycles. The van der Waals surface area contributed by atoms with Gasteiger partial charge in [-0.3, -0.25) is 24.2 Å². The maximum Gasteiger partial charge on any atom is 0.246 e. The standard InChI is InChI=1S/C17H20ClN3O3/c1-19-15(22)11-14(17(19)24)20-5-7-21(8-6-20)16(23)10-12-3-2-4-13(18)9-12/h2-4,9,14H,5-8,10-11H2,1H3. The Morgan fingerprint density at radius 2 is 1.92 bits per heavy atom. The molecule has 2 fully saturated rings. The topological polar surface area (TPSA) is 60.9 Å². The van der Waals surface area contributed by atoms with Crippen LogP contribution in [0.15, 0.2) is 24.3 Å². The van der Waals surface area contributed by atoms with Gasteiger partial charge in [-0.1, -0.05) is 23.7 Å². The van der Waals surface area contributed by atoms with Crippen LogP contribution < -0.4 is 0 Å². The van der Waals surface area contributed by atoms with Crippen molar-refractivity contribution in [3.8, 4) is 0 Å². The highest BCUT2D eigenvalue weighted by molar-refractivity contribution is 6.30. The summed E-state index contributed by atoms with van der Waals surface area (Å²) in [4.78, 5) is 41.1. The van der Waals surface area contributed by atoms with Crippen LogP contribution in [-0.2, 0) is 20.8 Å². The smallest absolute Gasteiger partial charge is 0.246 e. The molecule has 1 unspecified atom stereocenters. The van der Waals surface area contributed by atoms with Gasteiger partial charge < -0.3 is 4.90 Å². The van der Waals surface area contributed by atoms with Gasteiger partial charge in [0, 0.05) is 38.2 Å². The quantitative estimate of drug-likeness (QED) is 0.757. The van der Waals surface area contributed by atoms with Crippen LogP contribution >= 0.6 is 11.6 Å². The van der Waals surface area contributed by atoms with Crippen molar-refractivity contribution >= 4 is 29.3 Å². The van der Waals surface area contributed by atoms with E-state index in [0.29, 0.717) is 37.6 Å². The highest BCUT2D eigenvalue weighted by Gasteiger charge is 2.40. The number of likely N-dealkylation sites (N-methyl/N-ethyl adjacent to an activating group) is 1. The number of rotatable bonds is 3. The molecule has 3 amide bonds. The Hall–Kier alpha value is -1.92. The maximum absolute atomic E-state index is 12.4. The zero-order valence-electron chi connectivity index (χ0n) is 13.6. The van der Waals surface area contributed by atoms with Crippen LogP contribution in [0.1, 0.15) is 12.0 Å². The van der Waals surface area contributed by atoms with Crippen molar-refractivity contribution in [3.05, 3.63) is 34.9 Å². The molecule has 1 aromatic rings. The Morgan fingerprint density at radius 3 is 2.50 bits per heavy atom. The molecule has 0 aromatic heterocycles. The lowest BCUT2D eigenvalue weighted by molar-refractivity contribution is -0.138. The van der Waals surface area contributed by atoms with E-state index in [1.165, 1.54) is 11.9 Å². The zero-order valence-corrected chi connectivity index (χ0v) is 14.3. The second kappa shape index (κ2) is 6.91. The van der Waals surface area contributed by atoms with E-state index in [9.17, 15) is 14.4 Å². The van der Waals surface area contributed by atoms with Crippen molar-refractivity contribution in [2.24, 2.45) is 0 Å². The second-order valence-corrected chi connectivity index (χ2v) is 6.67. The third-order valence-electron chi connectivity index (χ3n) is 4.71. The van der Waals surface area contributed by atoms with Gasteiger partial charge >= 0.3 is 0 Å². The predicted molar refractivity (Wildman–Crippen MR) is 89.5 cm³/mol. The highest BCUT2D eigenvalue weighted by Crippen LogP contribution is 2.19. The minimum Gasteiger partial charge on any atom is -0.340 e. The molecule has 0 spiro atoms. The van der Waals surface area contributed by atoms with Gasteiger partial charge in [0.05, 0.1) is 18.9 Å². The third kappa shape index (κ3) is 3.44. The molecule has 0 N–H and O–H groups in total. The molecule has 0 bridgehead atoms. The van der Waals surface area contributed by atoms with E-state index in [4.69, 9.17) is 11.6 Å². The van der Waals surface area contributed by atoms with Crippen LogP contribution in [0, 0.1) is 0 Å². The number of hydrogen-bond acceptors (Lipinski definition) is 4. The maximum atomic E-state index is 12.4. The minimum absolute atomic E-state index is 0.0582. The number of amides is 3. The Balaban J connectivity index is 1.54. The van der Waals surface area contributed by atoms with E-state index in [1.54, 1.807) is 12.1 Å². The van der Waals surface area contributed by atoms with Gasteiger partial charge in [-0.25, -0.2) is 0 Å². The largest absolute Gasteiger partial charge is 0.340 e. The third-order valence-corrected chi connectivity index (χ3v) is 4.94. The summed E-state index contributed by atoms with van der Waals surface area (Å²) in [5.74, 6) is -0.217. The average molecular weight is 350 g/mol. The van der Waals surface area contributed by atoms with Gasteiger partial charge in [0.15, 0.2) is 0 Å². The van der Waals surface area contributed by atoms with Gasteiger partial charge in [-0.05, 0) is 17.7 Å². The number of halogens is 1. The van der Waals surface area contributed by atoms with E-state index >= 15 is 0 Å². The lowest BCUT2D eigenvalue weighted by atomic mass is 10.1. The lowest BCUT2D eigenvalue weighted by Crippen LogP contribution is -2.53. The molecule has 6 nitrogen and oxygen atoms in total. The van der Waals surface area contributed by atoms with E-state index in [2.05, 4.69) is 0 Å². The summed E-state index contributed by atoms with van der Waals surface area (Å²) in [5.41, 5.74) is 0.896. The van der Waals surface area contributed by atoms with Crippen molar-refractivity contribution in [2.75, 3.05) is 33.2 Å². The summed E-state index contributed by atoms with van der Waals surface area (Å²) in [7, 11) is 1.52. The van der Waals surface area contributed by atoms with Crippen molar-refractivity contribution in [1.82, 2.24) is 14.7 Å². The number of carbonyl (C=O) groups excluding carboxylic acids is 3. The summed E-state index contributed by atoms with van der Waals surface area (Å²) >= 11 is 5.95. The molecule has 128 valence electrons. The summed E-state index contributed by atoms with van der Waals surface area (Å²) in [6.07, 6.45) is 0.565. The number of hydrogen-bond donors (Lipinski definition) is 0. The number of carbonyl (C=O) groups is 3. The van der Waals surface area contributed by atoms with E-state index in [-0.39, 0.29) is 30.2 Å². The Kier molecular flexibility index (Phi) is 4.87. The van der Waals surface area contributed by atoms with E-state index in [0.717, 1.165) is 5.56 Å². The molecular formula is C17H20ClN3O3. The van der Waals surface area contributed by atoms with Crippen LogP contribution in [0.2, 0.25) is 5.02 Å². The Labute approximate surface area is 146 Å². The molecule has 24 heavy (non-hydrogen) atoms. The normalized spacial score (nSPS) is 22.3. The molecule has 2 aliphatic rings. The van der Waals surface area contributed by atoms with Crippen LogP contribution in [-0.4, -0.2) is 71.7 Å². The molecule has 2 aliphatic heterocycles. The lowest BCUT2D eigenvalue weighted by Gasteiger charge is -2.37. The summed E-state index contributed by atoms with van der Waals surface area (Å²) in [6, 6.07) is 6.94. The fourth-order valence-corrected chi connectivity index (χ4v) is 3.45. The molecule has 0 aliphatic carbocycles. The predicted octanol–water partition coefficient (Wildman–Crippen LogP) is 0.784. The Bertz CT molecular complexity index is 671. The van der Waals surface area contributed by atoms with Gasteiger partial charge in [-0.2, -0.15) is 0 Å². The molecule has 7 heteroatoms. The monoisotopic (exact) mass is 349 g/mol. The van der Waals surface area contributed by atoms with E-state index < -0.39 is 0 Å². The van der Waals surface area contributed by atoms with Gasteiger partial charge in [0.1, 0.15) is 0 Å². The van der Waals surface area contributed by atoms with Crippen LogP contribution in [0.5, 0.6) is 0 Å². The average Bonchev–Trinajstić information content (AvgIpc) is 2.82. The zero-order chi connectivity index (χ0) is 17.3. The van der Waals surface area contributed by atoms with Crippen molar-refractivity contribution < 1.29 is 14.4 Å². The van der Waals surface area contributed by atoms with Crippen molar-refractivity contribution in [1.29, 1.82) is 0 Å². The molecule has 1 aromatic carbocycles. The van der Waals surface area contributed by atoms with Crippen LogP contribution in [0.25, 0.3) is 0 Å². The van der Waals surface area contributed by atoms with Crippen LogP contribution in [0.3, 0.4) is 0 Å². The minimum atomic E-state index is -0.368. The first-order valence-electron chi connectivity index (χ1n) is 8.02. The van der Waals surface area contributed by atoms with Gasteiger partial charge in [0.2, 0.25) is 17.7 Å².